The number of likely N-dealkylation sites (N-methyl/N-ethyl adjacent to an activating group) is 1. The van der Waals surface area contributed by atoms with Crippen LogP contribution in [0.25, 0.3) is 0 Å². The number of rotatable bonds is 10. The van der Waals surface area contributed by atoms with Crippen molar-refractivity contribution in [3.8, 4) is 0 Å². The molecule has 21 heavy (non-hydrogen) atoms. The SMILES string of the molecule is CCCCC([CH]CCN1C(=O)CN(CC)C1=O)(CC)CC. The van der Waals surface area contributed by atoms with Crippen molar-refractivity contribution in [3.63, 3.8) is 0 Å². The van der Waals surface area contributed by atoms with Gasteiger partial charge in [-0.25, -0.2) is 4.79 Å². The molecule has 0 aromatic heterocycles. The van der Waals surface area contributed by atoms with Crippen LogP contribution >= 0.6 is 0 Å². The third kappa shape index (κ3) is 4.45. The Morgan fingerprint density at radius 1 is 1.14 bits per heavy atom. The van der Waals surface area contributed by atoms with E-state index in [0.717, 1.165) is 19.3 Å². The largest absolute Gasteiger partial charge is 0.327 e. The van der Waals surface area contributed by atoms with Gasteiger partial charge in [-0.1, -0.05) is 46.5 Å². The second-order valence-electron chi connectivity index (χ2n) is 6.01. The van der Waals surface area contributed by atoms with Gasteiger partial charge in [-0.2, -0.15) is 0 Å². The first-order chi connectivity index (χ1) is 10.0. The number of hydrogen-bond acceptors (Lipinski definition) is 2. The Bertz CT molecular complexity index is 351. The summed E-state index contributed by atoms with van der Waals surface area (Å²) in [7, 11) is 0. The summed E-state index contributed by atoms with van der Waals surface area (Å²) in [6.45, 7) is 9.98. The second kappa shape index (κ2) is 8.40. The fourth-order valence-corrected chi connectivity index (χ4v) is 3.08. The lowest BCUT2D eigenvalue weighted by molar-refractivity contribution is -0.125. The summed E-state index contributed by atoms with van der Waals surface area (Å²) >= 11 is 0. The van der Waals surface area contributed by atoms with Crippen LogP contribution in [0.4, 0.5) is 4.79 Å². The average molecular weight is 295 g/mol. The Labute approximate surface area is 129 Å². The van der Waals surface area contributed by atoms with Gasteiger partial charge in [-0.3, -0.25) is 9.69 Å². The van der Waals surface area contributed by atoms with Gasteiger partial charge in [0.2, 0.25) is 5.91 Å². The highest BCUT2D eigenvalue weighted by atomic mass is 16.2. The van der Waals surface area contributed by atoms with Gasteiger partial charge in [0.05, 0.1) is 0 Å². The van der Waals surface area contributed by atoms with Gasteiger partial charge in [0.15, 0.2) is 0 Å². The molecule has 4 heteroatoms. The molecule has 1 heterocycles. The van der Waals surface area contributed by atoms with Crippen molar-refractivity contribution in [3.05, 3.63) is 6.42 Å². The van der Waals surface area contributed by atoms with E-state index in [9.17, 15) is 9.59 Å². The molecule has 4 nitrogen and oxygen atoms in total. The first-order valence-corrected chi connectivity index (χ1v) is 8.47. The molecule has 0 unspecified atom stereocenters. The maximum atomic E-state index is 12.0. The van der Waals surface area contributed by atoms with Crippen LogP contribution in [0.3, 0.4) is 0 Å². The summed E-state index contributed by atoms with van der Waals surface area (Å²) in [4.78, 5) is 26.9. The number of carbonyl (C=O) groups is 2. The first kappa shape index (κ1) is 18.0. The van der Waals surface area contributed by atoms with E-state index < -0.39 is 0 Å². The van der Waals surface area contributed by atoms with Gasteiger partial charge in [-0.05, 0) is 31.6 Å². The summed E-state index contributed by atoms with van der Waals surface area (Å²) < 4.78 is 0. The van der Waals surface area contributed by atoms with Crippen LogP contribution in [0.15, 0.2) is 0 Å². The van der Waals surface area contributed by atoms with E-state index in [0.29, 0.717) is 13.1 Å². The zero-order valence-corrected chi connectivity index (χ0v) is 14.2. The molecule has 0 saturated carbocycles. The third-order valence-electron chi connectivity index (χ3n) is 4.88. The Kier molecular flexibility index (Phi) is 7.20. The van der Waals surface area contributed by atoms with E-state index in [1.807, 2.05) is 6.92 Å². The van der Waals surface area contributed by atoms with Crippen LogP contribution in [0, 0.1) is 11.8 Å². The zero-order valence-electron chi connectivity index (χ0n) is 14.2. The molecule has 0 bridgehead atoms. The monoisotopic (exact) mass is 295 g/mol. The quantitative estimate of drug-likeness (QED) is 0.574. The average Bonchev–Trinajstić information content (AvgIpc) is 2.78. The highest BCUT2D eigenvalue weighted by molar-refractivity contribution is 6.01. The molecule has 1 aliphatic rings. The van der Waals surface area contributed by atoms with E-state index in [1.165, 1.54) is 24.2 Å². The molecule has 0 aliphatic carbocycles. The Morgan fingerprint density at radius 2 is 1.81 bits per heavy atom. The van der Waals surface area contributed by atoms with Gasteiger partial charge in [0.25, 0.3) is 0 Å². The summed E-state index contributed by atoms with van der Waals surface area (Å²) in [6.07, 6.45) is 9.09. The molecule has 1 rings (SSSR count). The van der Waals surface area contributed by atoms with Gasteiger partial charge >= 0.3 is 6.03 Å². The lowest BCUT2D eigenvalue weighted by atomic mass is 9.74. The molecule has 0 N–H and O–H groups in total. The van der Waals surface area contributed by atoms with Crippen LogP contribution in [0.1, 0.15) is 66.2 Å². The maximum Gasteiger partial charge on any atom is 0.327 e. The van der Waals surface area contributed by atoms with Gasteiger partial charge in [0.1, 0.15) is 6.54 Å². The van der Waals surface area contributed by atoms with E-state index in [4.69, 9.17) is 0 Å². The van der Waals surface area contributed by atoms with E-state index >= 15 is 0 Å². The molecule has 1 radical (unpaired) electrons. The van der Waals surface area contributed by atoms with E-state index in [2.05, 4.69) is 27.2 Å². The van der Waals surface area contributed by atoms with Crippen molar-refractivity contribution in [1.82, 2.24) is 9.80 Å². The van der Waals surface area contributed by atoms with Gasteiger partial charge < -0.3 is 4.90 Å². The molecule has 0 spiro atoms. The minimum absolute atomic E-state index is 0.0533. The molecule has 0 aromatic rings. The smallest absolute Gasteiger partial charge is 0.315 e. The summed E-state index contributed by atoms with van der Waals surface area (Å²) in [5.41, 5.74) is 0.270. The first-order valence-electron chi connectivity index (χ1n) is 8.47. The number of carbonyl (C=O) groups excluding carboxylic acids is 2. The number of amides is 3. The third-order valence-corrected chi connectivity index (χ3v) is 4.88. The van der Waals surface area contributed by atoms with Crippen molar-refractivity contribution in [1.29, 1.82) is 0 Å². The van der Waals surface area contributed by atoms with E-state index in [1.54, 1.807) is 4.90 Å². The fourth-order valence-electron chi connectivity index (χ4n) is 3.08. The van der Waals surface area contributed by atoms with Gasteiger partial charge in [-0.15, -0.1) is 0 Å². The molecule has 121 valence electrons. The lowest BCUT2D eigenvalue weighted by Gasteiger charge is -2.32. The topological polar surface area (TPSA) is 40.6 Å². The molecule has 1 fully saturated rings. The number of unbranched alkanes of at least 4 members (excludes halogenated alkanes) is 1. The summed E-state index contributed by atoms with van der Waals surface area (Å²) in [6, 6.07) is -0.122. The van der Waals surface area contributed by atoms with Crippen molar-refractivity contribution in [2.75, 3.05) is 19.6 Å². The fraction of sp³-hybridized carbons (Fsp3) is 0.824. The van der Waals surface area contributed by atoms with Crippen LogP contribution < -0.4 is 0 Å². The molecule has 0 aromatic carbocycles. The standard InChI is InChI=1S/C17H31N2O2/c1-5-9-11-17(6-2,7-3)12-10-13-19-15(20)14-18(8-4)16(19)21/h12H,5-11,13-14H2,1-4H3. The minimum atomic E-state index is -0.122. The Balaban J connectivity index is 2.50. The summed E-state index contributed by atoms with van der Waals surface area (Å²) in [5, 5.41) is 0. The highest BCUT2D eigenvalue weighted by Gasteiger charge is 2.35. The van der Waals surface area contributed by atoms with Crippen molar-refractivity contribution in [2.24, 2.45) is 5.41 Å². The Morgan fingerprint density at radius 3 is 2.29 bits per heavy atom. The summed E-state index contributed by atoms with van der Waals surface area (Å²) in [5.74, 6) is -0.0533. The van der Waals surface area contributed by atoms with Crippen LogP contribution in [-0.2, 0) is 4.79 Å². The molecule has 1 aliphatic heterocycles. The molecule has 1 saturated heterocycles. The molecule has 0 atom stereocenters. The number of nitrogens with zero attached hydrogens (tertiary/aromatic N) is 2. The molecule has 3 amide bonds. The minimum Gasteiger partial charge on any atom is -0.315 e. The molecular weight excluding hydrogens is 264 g/mol. The van der Waals surface area contributed by atoms with Crippen molar-refractivity contribution >= 4 is 11.9 Å². The molecular formula is C17H31N2O2. The van der Waals surface area contributed by atoms with E-state index in [-0.39, 0.29) is 23.9 Å². The number of imide groups is 1. The Hall–Kier alpha value is -1.06. The number of hydrogen-bond donors (Lipinski definition) is 0. The van der Waals surface area contributed by atoms with Crippen LogP contribution in [0.5, 0.6) is 0 Å². The normalized spacial score (nSPS) is 16.2. The number of urea groups is 1. The van der Waals surface area contributed by atoms with Crippen molar-refractivity contribution in [2.45, 2.75) is 66.2 Å². The van der Waals surface area contributed by atoms with Crippen molar-refractivity contribution < 1.29 is 9.59 Å². The second-order valence-corrected chi connectivity index (χ2v) is 6.01. The van der Waals surface area contributed by atoms with Gasteiger partial charge in [0, 0.05) is 13.1 Å². The lowest BCUT2D eigenvalue weighted by Crippen LogP contribution is -2.34. The zero-order chi connectivity index (χ0) is 15.9. The maximum absolute atomic E-state index is 12.0. The van der Waals surface area contributed by atoms with Crippen LogP contribution in [-0.4, -0.2) is 41.4 Å². The highest BCUT2D eigenvalue weighted by Crippen LogP contribution is 2.36. The predicted octanol–water partition coefficient (Wildman–Crippen LogP) is 3.86. The predicted molar refractivity (Wildman–Crippen MR) is 85.8 cm³/mol. The van der Waals surface area contributed by atoms with Crippen LogP contribution in [0.2, 0.25) is 0 Å².